The first kappa shape index (κ1) is 17.0. The van der Waals surface area contributed by atoms with E-state index in [0.29, 0.717) is 11.2 Å². The van der Waals surface area contributed by atoms with Gasteiger partial charge in [0, 0.05) is 62.1 Å². The van der Waals surface area contributed by atoms with Gasteiger partial charge in [-0.05, 0) is 31.0 Å². The summed E-state index contributed by atoms with van der Waals surface area (Å²) in [5.41, 5.74) is 2.39. The molecule has 0 radical (unpaired) electrons. The number of nitrogens with zero attached hydrogens (tertiary/aromatic N) is 3. The quantitative estimate of drug-likeness (QED) is 0.865. The second-order valence-corrected chi connectivity index (χ2v) is 7.32. The predicted octanol–water partition coefficient (Wildman–Crippen LogP) is 1.82. The molecule has 24 heavy (non-hydrogen) atoms. The Kier molecular flexibility index (Phi) is 5.55. The molecule has 1 aliphatic heterocycles. The summed E-state index contributed by atoms with van der Waals surface area (Å²) in [4.78, 5) is 23.2. The van der Waals surface area contributed by atoms with Gasteiger partial charge in [0.15, 0.2) is 5.13 Å². The first-order valence-corrected chi connectivity index (χ1v) is 9.00. The Labute approximate surface area is 146 Å². The SMILES string of the molecule is CC(=O)Nc1ncc(CN2CCNC(Cc3ccnc(C)c3)C2)s1. The largest absolute Gasteiger partial charge is 0.311 e. The highest BCUT2D eigenvalue weighted by atomic mass is 32.1. The summed E-state index contributed by atoms with van der Waals surface area (Å²) in [6.07, 6.45) is 4.75. The summed E-state index contributed by atoms with van der Waals surface area (Å²) < 4.78 is 0. The Bertz CT molecular complexity index is 702. The van der Waals surface area contributed by atoms with Gasteiger partial charge in [-0.25, -0.2) is 4.98 Å². The Morgan fingerprint density at radius 3 is 3.17 bits per heavy atom. The molecule has 0 aromatic carbocycles. The minimum atomic E-state index is -0.0780. The van der Waals surface area contributed by atoms with E-state index in [0.717, 1.165) is 38.3 Å². The maximum Gasteiger partial charge on any atom is 0.223 e. The summed E-state index contributed by atoms with van der Waals surface area (Å²) in [6.45, 7) is 7.44. The molecule has 1 fully saturated rings. The van der Waals surface area contributed by atoms with E-state index in [-0.39, 0.29) is 5.91 Å². The van der Waals surface area contributed by atoms with Crippen molar-refractivity contribution in [1.29, 1.82) is 0 Å². The van der Waals surface area contributed by atoms with E-state index in [1.165, 1.54) is 17.4 Å². The number of carbonyl (C=O) groups is 1. The number of aryl methyl sites for hydroxylation is 1. The summed E-state index contributed by atoms with van der Waals surface area (Å²) in [6, 6.07) is 4.70. The van der Waals surface area contributed by atoms with Crippen LogP contribution in [0.4, 0.5) is 5.13 Å². The van der Waals surface area contributed by atoms with Gasteiger partial charge in [0.1, 0.15) is 0 Å². The fraction of sp³-hybridized carbons (Fsp3) is 0.471. The first-order chi connectivity index (χ1) is 11.6. The molecule has 6 nitrogen and oxygen atoms in total. The number of anilines is 1. The molecular formula is C17H23N5OS. The number of carbonyl (C=O) groups excluding carboxylic acids is 1. The van der Waals surface area contributed by atoms with Crippen LogP contribution in [0, 0.1) is 6.92 Å². The molecule has 1 amide bonds. The first-order valence-electron chi connectivity index (χ1n) is 8.18. The Morgan fingerprint density at radius 1 is 1.50 bits per heavy atom. The molecule has 3 heterocycles. The van der Waals surface area contributed by atoms with Crippen LogP contribution in [0.25, 0.3) is 0 Å². The fourth-order valence-electron chi connectivity index (χ4n) is 3.00. The standard InChI is InChI=1S/C17H23N5OS/c1-12-7-14(3-4-18-12)8-15-10-22(6-5-19-15)11-16-9-20-17(24-16)21-13(2)23/h3-4,7,9,15,19H,5-6,8,10-11H2,1-2H3,(H,20,21,23). The third-order valence-electron chi connectivity index (χ3n) is 4.00. The van der Waals surface area contributed by atoms with Crippen molar-refractivity contribution in [2.24, 2.45) is 0 Å². The molecule has 1 aliphatic rings. The van der Waals surface area contributed by atoms with Crippen molar-refractivity contribution in [2.75, 3.05) is 25.0 Å². The smallest absolute Gasteiger partial charge is 0.223 e. The lowest BCUT2D eigenvalue weighted by Crippen LogP contribution is -2.51. The van der Waals surface area contributed by atoms with Gasteiger partial charge in [0.25, 0.3) is 0 Å². The molecular weight excluding hydrogens is 322 g/mol. The van der Waals surface area contributed by atoms with E-state index < -0.39 is 0 Å². The second kappa shape index (κ2) is 7.83. The minimum absolute atomic E-state index is 0.0780. The van der Waals surface area contributed by atoms with E-state index in [1.54, 1.807) is 11.3 Å². The normalized spacial score (nSPS) is 18.5. The maximum atomic E-state index is 11.1. The number of thiazole rings is 1. The van der Waals surface area contributed by atoms with Crippen LogP contribution >= 0.6 is 11.3 Å². The van der Waals surface area contributed by atoms with Crippen molar-refractivity contribution < 1.29 is 4.79 Å². The molecule has 1 atom stereocenters. The van der Waals surface area contributed by atoms with Crippen molar-refractivity contribution >= 4 is 22.4 Å². The van der Waals surface area contributed by atoms with Crippen molar-refractivity contribution in [3.63, 3.8) is 0 Å². The Morgan fingerprint density at radius 2 is 2.38 bits per heavy atom. The van der Waals surface area contributed by atoms with Crippen LogP contribution in [0.3, 0.4) is 0 Å². The average Bonchev–Trinajstić information content (AvgIpc) is 2.94. The van der Waals surface area contributed by atoms with Gasteiger partial charge >= 0.3 is 0 Å². The van der Waals surface area contributed by atoms with Crippen LogP contribution in [0.1, 0.15) is 23.1 Å². The Balaban J connectivity index is 1.55. The molecule has 0 bridgehead atoms. The van der Waals surface area contributed by atoms with Crippen molar-refractivity contribution in [1.82, 2.24) is 20.2 Å². The molecule has 1 saturated heterocycles. The summed E-state index contributed by atoms with van der Waals surface area (Å²) in [5.74, 6) is -0.0780. The molecule has 7 heteroatoms. The molecule has 2 N–H and O–H groups in total. The molecule has 2 aromatic rings. The lowest BCUT2D eigenvalue weighted by Gasteiger charge is -2.33. The second-order valence-electron chi connectivity index (χ2n) is 6.21. The zero-order valence-corrected chi connectivity index (χ0v) is 14.9. The summed E-state index contributed by atoms with van der Waals surface area (Å²) in [7, 11) is 0. The lowest BCUT2D eigenvalue weighted by atomic mass is 10.0. The van der Waals surface area contributed by atoms with Crippen LogP contribution in [-0.4, -0.2) is 46.5 Å². The molecule has 1 unspecified atom stereocenters. The number of piperazine rings is 1. The van der Waals surface area contributed by atoms with Gasteiger partial charge in [0.05, 0.1) is 0 Å². The highest BCUT2D eigenvalue weighted by Crippen LogP contribution is 2.20. The third-order valence-corrected chi connectivity index (χ3v) is 4.90. The zero-order valence-electron chi connectivity index (χ0n) is 14.1. The molecule has 0 spiro atoms. The van der Waals surface area contributed by atoms with Crippen LogP contribution in [0.15, 0.2) is 24.5 Å². The number of pyridine rings is 1. The number of rotatable bonds is 5. The van der Waals surface area contributed by atoms with Gasteiger partial charge in [-0.1, -0.05) is 0 Å². The predicted molar refractivity (Wildman–Crippen MR) is 96.2 cm³/mol. The van der Waals surface area contributed by atoms with E-state index >= 15 is 0 Å². The van der Waals surface area contributed by atoms with Crippen LogP contribution in [-0.2, 0) is 17.8 Å². The van der Waals surface area contributed by atoms with E-state index in [1.807, 2.05) is 19.3 Å². The highest BCUT2D eigenvalue weighted by Gasteiger charge is 2.20. The van der Waals surface area contributed by atoms with Gasteiger partial charge in [-0.15, -0.1) is 11.3 Å². The van der Waals surface area contributed by atoms with E-state index in [2.05, 4.69) is 37.6 Å². The van der Waals surface area contributed by atoms with Crippen molar-refractivity contribution in [2.45, 2.75) is 32.9 Å². The average molecular weight is 345 g/mol. The molecule has 0 saturated carbocycles. The molecule has 3 rings (SSSR count). The van der Waals surface area contributed by atoms with Gasteiger partial charge in [-0.3, -0.25) is 14.7 Å². The molecule has 128 valence electrons. The van der Waals surface area contributed by atoms with Crippen LogP contribution in [0.5, 0.6) is 0 Å². The number of aromatic nitrogens is 2. The van der Waals surface area contributed by atoms with E-state index in [4.69, 9.17) is 0 Å². The van der Waals surface area contributed by atoms with Gasteiger partial charge in [0.2, 0.25) is 5.91 Å². The summed E-state index contributed by atoms with van der Waals surface area (Å²) in [5, 5.41) is 7.02. The number of nitrogens with one attached hydrogen (secondary N) is 2. The van der Waals surface area contributed by atoms with Crippen LogP contribution in [0.2, 0.25) is 0 Å². The maximum absolute atomic E-state index is 11.1. The highest BCUT2D eigenvalue weighted by molar-refractivity contribution is 7.15. The topological polar surface area (TPSA) is 70.2 Å². The number of amides is 1. The zero-order chi connectivity index (χ0) is 16.9. The monoisotopic (exact) mass is 345 g/mol. The minimum Gasteiger partial charge on any atom is -0.311 e. The fourth-order valence-corrected chi connectivity index (χ4v) is 3.90. The summed E-state index contributed by atoms with van der Waals surface area (Å²) >= 11 is 1.55. The third kappa shape index (κ3) is 4.83. The van der Waals surface area contributed by atoms with Gasteiger partial charge < -0.3 is 10.6 Å². The van der Waals surface area contributed by atoms with E-state index in [9.17, 15) is 4.79 Å². The van der Waals surface area contributed by atoms with Gasteiger partial charge in [-0.2, -0.15) is 0 Å². The molecule has 2 aromatic heterocycles. The number of hydrogen-bond donors (Lipinski definition) is 2. The number of hydrogen-bond acceptors (Lipinski definition) is 6. The Hall–Kier alpha value is -1.83. The molecule has 0 aliphatic carbocycles. The van der Waals surface area contributed by atoms with Crippen LogP contribution < -0.4 is 10.6 Å². The lowest BCUT2D eigenvalue weighted by molar-refractivity contribution is -0.114. The van der Waals surface area contributed by atoms with Crippen molar-refractivity contribution in [3.8, 4) is 0 Å². The van der Waals surface area contributed by atoms with Crippen molar-refractivity contribution in [3.05, 3.63) is 40.7 Å².